The van der Waals surface area contributed by atoms with Crippen LogP contribution in [0.1, 0.15) is 62.3 Å². The summed E-state index contributed by atoms with van der Waals surface area (Å²) in [5.74, 6) is 2.97. The maximum absolute atomic E-state index is 3.88. The fraction of sp³-hybridized carbons (Fsp3) is 0.684. The van der Waals surface area contributed by atoms with Crippen molar-refractivity contribution in [3.63, 3.8) is 0 Å². The highest BCUT2D eigenvalue weighted by Gasteiger charge is 2.41. The fourth-order valence-electron chi connectivity index (χ4n) is 4.83. The Bertz CT molecular complexity index is 479. The van der Waals surface area contributed by atoms with Crippen LogP contribution in [0.4, 0.5) is 0 Å². The van der Waals surface area contributed by atoms with Crippen molar-refractivity contribution >= 4 is 0 Å². The standard InChI is InChI=1S/C19H29N/c1-12-5-8-18(13(2)9-12)14(3)20-15(4)19-11-16-6-7-17(19)10-16/h5,8-9,14-17,19-20H,6-7,10-11H2,1-4H3. The first-order chi connectivity index (χ1) is 9.54. The molecule has 5 unspecified atom stereocenters. The molecular weight excluding hydrogens is 242 g/mol. The molecular formula is C19H29N. The summed E-state index contributed by atoms with van der Waals surface area (Å²) in [6.07, 6.45) is 5.97. The van der Waals surface area contributed by atoms with E-state index < -0.39 is 0 Å². The first kappa shape index (κ1) is 14.1. The van der Waals surface area contributed by atoms with E-state index in [0.29, 0.717) is 12.1 Å². The van der Waals surface area contributed by atoms with Crippen LogP contribution in [0.5, 0.6) is 0 Å². The largest absolute Gasteiger partial charge is 0.307 e. The minimum absolute atomic E-state index is 0.463. The van der Waals surface area contributed by atoms with E-state index in [9.17, 15) is 0 Å². The van der Waals surface area contributed by atoms with Crippen LogP contribution in [-0.4, -0.2) is 6.04 Å². The van der Waals surface area contributed by atoms with Crippen LogP contribution in [-0.2, 0) is 0 Å². The van der Waals surface area contributed by atoms with Gasteiger partial charge in [0.05, 0.1) is 0 Å². The number of benzene rings is 1. The van der Waals surface area contributed by atoms with Gasteiger partial charge in [-0.1, -0.05) is 30.2 Å². The monoisotopic (exact) mass is 271 g/mol. The van der Waals surface area contributed by atoms with E-state index in [2.05, 4.69) is 51.2 Å². The molecule has 2 aliphatic carbocycles. The number of aryl methyl sites for hydroxylation is 2. The zero-order chi connectivity index (χ0) is 14.3. The summed E-state index contributed by atoms with van der Waals surface area (Å²) in [7, 11) is 0. The smallest absolute Gasteiger partial charge is 0.0296 e. The molecule has 2 bridgehead atoms. The first-order valence-corrected chi connectivity index (χ1v) is 8.37. The first-order valence-electron chi connectivity index (χ1n) is 8.37. The molecule has 20 heavy (non-hydrogen) atoms. The number of fused-ring (bicyclic) bond motifs is 2. The van der Waals surface area contributed by atoms with E-state index in [1.54, 1.807) is 0 Å². The second-order valence-corrected chi connectivity index (χ2v) is 7.38. The van der Waals surface area contributed by atoms with Crippen molar-refractivity contribution in [3.05, 3.63) is 34.9 Å². The summed E-state index contributed by atoms with van der Waals surface area (Å²) in [5, 5.41) is 3.88. The minimum atomic E-state index is 0.463. The van der Waals surface area contributed by atoms with Crippen molar-refractivity contribution in [2.24, 2.45) is 17.8 Å². The van der Waals surface area contributed by atoms with E-state index >= 15 is 0 Å². The van der Waals surface area contributed by atoms with E-state index in [1.807, 2.05) is 0 Å². The predicted molar refractivity (Wildman–Crippen MR) is 85.9 cm³/mol. The van der Waals surface area contributed by atoms with Crippen LogP contribution in [0.2, 0.25) is 0 Å². The number of hydrogen-bond acceptors (Lipinski definition) is 1. The molecule has 0 spiro atoms. The molecule has 0 aliphatic heterocycles. The molecule has 1 heteroatoms. The number of hydrogen-bond donors (Lipinski definition) is 1. The molecule has 2 fully saturated rings. The van der Waals surface area contributed by atoms with Gasteiger partial charge in [0, 0.05) is 12.1 Å². The van der Waals surface area contributed by atoms with Gasteiger partial charge < -0.3 is 5.32 Å². The van der Waals surface area contributed by atoms with E-state index in [0.717, 1.165) is 17.8 Å². The lowest BCUT2D eigenvalue weighted by Crippen LogP contribution is -2.38. The molecule has 2 aliphatic rings. The van der Waals surface area contributed by atoms with Crippen molar-refractivity contribution in [1.82, 2.24) is 5.32 Å². The van der Waals surface area contributed by atoms with Gasteiger partial charge in [-0.2, -0.15) is 0 Å². The minimum Gasteiger partial charge on any atom is -0.307 e. The van der Waals surface area contributed by atoms with E-state index in [1.165, 1.54) is 42.4 Å². The molecule has 0 radical (unpaired) electrons. The normalized spacial score (nSPS) is 31.5. The lowest BCUT2D eigenvalue weighted by molar-refractivity contribution is 0.248. The summed E-state index contributed by atoms with van der Waals surface area (Å²) in [5.41, 5.74) is 4.25. The molecule has 0 amide bonds. The highest BCUT2D eigenvalue weighted by Crippen LogP contribution is 2.49. The average molecular weight is 271 g/mol. The van der Waals surface area contributed by atoms with Crippen molar-refractivity contribution in [2.45, 2.75) is 65.5 Å². The Hall–Kier alpha value is -0.820. The van der Waals surface area contributed by atoms with Gasteiger partial charge in [-0.3, -0.25) is 0 Å². The van der Waals surface area contributed by atoms with Gasteiger partial charge in [0.2, 0.25) is 0 Å². The summed E-state index contributed by atoms with van der Waals surface area (Å²) in [6, 6.07) is 7.96. The van der Waals surface area contributed by atoms with Crippen molar-refractivity contribution in [1.29, 1.82) is 0 Å². The Morgan fingerprint density at radius 1 is 1.10 bits per heavy atom. The molecule has 2 saturated carbocycles. The molecule has 1 N–H and O–H groups in total. The molecule has 1 aromatic carbocycles. The average Bonchev–Trinajstić information content (AvgIpc) is 3.00. The second-order valence-electron chi connectivity index (χ2n) is 7.38. The summed E-state index contributed by atoms with van der Waals surface area (Å²) in [6.45, 7) is 9.14. The molecule has 110 valence electrons. The molecule has 0 heterocycles. The van der Waals surface area contributed by atoms with Crippen molar-refractivity contribution in [3.8, 4) is 0 Å². The molecule has 3 rings (SSSR count). The topological polar surface area (TPSA) is 12.0 Å². The molecule has 1 nitrogen and oxygen atoms in total. The highest BCUT2D eigenvalue weighted by atomic mass is 15.0. The fourth-order valence-corrected chi connectivity index (χ4v) is 4.83. The molecule has 0 saturated heterocycles. The third-order valence-corrected chi connectivity index (χ3v) is 5.84. The maximum Gasteiger partial charge on any atom is 0.0296 e. The molecule has 1 aromatic rings. The van der Waals surface area contributed by atoms with Gasteiger partial charge in [0.1, 0.15) is 0 Å². The van der Waals surface area contributed by atoms with Crippen LogP contribution in [0.3, 0.4) is 0 Å². The van der Waals surface area contributed by atoms with Gasteiger partial charge in [-0.25, -0.2) is 0 Å². The Morgan fingerprint density at radius 2 is 1.90 bits per heavy atom. The lowest BCUT2D eigenvalue weighted by Gasteiger charge is -2.31. The number of rotatable bonds is 4. The summed E-state index contributed by atoms with van der Waals surface area (Å²) < 4.78 is 0. The predicted octanol–water partition coefficient (Wildman–Crippen LogP) is 4.78. The number of nitrogens with one attached hydrogen (secondary N) is 1. The zero-order valence-corrected chi connectivity index (χ0v) is 13.4. The maximum atomic E-state index is 3.88. The van der Waals surface area contributed by atoms with Gasteiger partial charge in [-0.05, 0) is 75.8 Å². The summed E-state index contributed by atoms with van der Waals surface area (Å²) in [4.78, 5) is 0. The quantitative estimate of drug-likeness (QED) is 0.831. The van der Waals surface area contributed by atoms with Gasteiger partial charge in [0.15, 0.2) is 0 Å². The van der Waals surface area contributed by atoms with Crippen LogP contribution in [0.15, 0.2) is 18.2 Å². The zero-order valence-electron chi connectivity index (χ0n) is 13.4. The Morgan fingerprint density at radius 3 is 2.50 bits per heavy atom. The van der Waals surface area contributed by atoms with Crippen LogP contribution in [0, 0.1) is 31.6 Å². The Labute approximate surface area is 124 Å². The van der Waals surface area contributed by atoms with Crippen LogP contribution >= 0.6 is 0 Å². The van der Waals surface area contributed by atoms with Crippen molar-refractivity contribution < 1.29 is 0 Å². The van der Waals surface area contributed by atoms with E-state index in [-0.39, 0.29) is 0 Å². The third kappa shape index (κ3) is 2.65. The van der Waals surface area contributed by atoms with Crippen LogP contribution < -0.4 is 5.32 Å². The second kappa shape index (κ2) is 5.52. The Balaban J connectivity index is 1.65. The summed E-state index contributed by atoms with van der Waals surface area (Å²) >= 11 is 0. The Kier molecular flexibility index (Phi) is 3.90. The van der Waals surface area contributed by atoms with Gasteiger partial charge in [-0.15, -0.1) is 0 Å². The van der Waals surface area contributed by atoms with E-state index in [4.69, 9.17) is 0 Å². The van der Waals surface area contributed by atoms with Gasteiger partial charge >= 0.3 is 0 Å². The highest BCUT2D eigenvalue weighted by molar-refractivity contribution is 5.32. The SMILES string of the molecule is Cc1ccc(C(C)NC(C)C2CC3CCC2C3)c(C)c1. The van der Waals surface area contributed by atoms with Crippen LogP contribution in [0.25, 0.3) is 0 Å². The molecule has 5 atom stereocenters. The van der Waals surface area contributed by atoms with Gasteiger partial charge in [0.25, 0.3) is 0 Å². The lowest BCUT2D eigenvalue weighted by atomic mass is 9.83. The third-order valence-electron chi connectivity index (χ3n) is 5.84. The molecule has 0 aromatic heterocycles. The van der Waals surface area contributed by atoms with Crippen molar-refractivity contribution in [2.75, 3.05) is 0 Å².